The number of nitrogens with one attached hydrogen (secondary N) is 1. The van der Waals surface area contributed by atoms with E-state index < -0.39 is 5.54 Å². The molecule has 3 N–H and O–H groups in total. The molecule has 0 bridgehead atoms. The van der Waals surface area contributed by atoms with Gasteiger partial charge in [0.25, 0.3) is 0 Å². The quantitative estimate of drug-likeness (QED) is 0.877. The second-order valence-electron chi connectivity index (χ2n) is 6.87. The number of halogens is 1. The van der Waals surface area contributed by atoms with Crippen molar-refractivity contribution < 1.29 is 4.79 Å². The molecule has 0 spiro atoms. The van der Waals surface area contributed by atoms with E-state index >= 15 is 0 Å². The first kappa shape index (κ1) is 19.5. The average molecular weight is 363 g/mol. The number of para-hydroxylation sites is 1. The highest BCUT2D eigenvalue weighted by atomic mass is 35.5. The van der Waals surface area contributed by atoms with Gasteiger partial charge in [-0.2, -0.15) is 5.10 Å². The molecule has 0 saturated heterocycles. The number of aromatic nitrogens is 2. The SMILES string of the molecule is Cc1cc(C)n(-c2ccccc2CNC(=O)C2(N)CCCCC2)n1.Cl. The Morgan fingerprint density at radius 2 is 1.92 bits per heavy atom. The summed E-state index contributed by atoms with van der Waals surface area (Å²) in [4.78, 5) is 12.6. The lowest BCUT2D eigenvalue weighted by atomic mass is 9.82. The summed E-state index contributed by atoms with van der Waals surface area (Å²) in [5.74, 6) is -0.0367. The van der Waals surface area contributed by atoms with E-state index in [1.807, 2.05) is 48.9 Å². The van der Waals surface area contributed by atoms with Crippen LogP contribution in [0.5, 0.6) is 0 Å². The van der Waals surface area contributed by atoms with Crippen molar-refractivity contribution in [1.29, 1.82) is 0 Å². The highest BCUT2D eigenvalue weighted by Crippen LogP contribution is 2.26. The zero-order chi connectivity index (χ0) is 17.2. The van der Waals surface area contributed by atoms with Crippen LogP contribution in [0.25, 0.3) is 5.69 Å². The summed E-state index contributed by atoms with van der Waals surface area (Å²) in [6.45, 7) is 4.48. The third-order valence-corrected chi connectivity index (χ3v) is 4.87. The van der Waals surface area contributed by atoms with Crippen molar-refractivity contribution in [3.63, 3.8) is 0 Å². The first-order valence-corrected chi connectivity index (χ1v) is 8.68. The van der Waals surface area contributed by atoms with Crippen LogP contribution >= 0.6 is 12.4 Å². The predicted molar refractivity (Wildman–Crippen MR) is 102 cm³/mol. The third-order valence-electron chi connectivity index (χ3n) is 4.87. The molecule has 2 aromatic rings. The monoisotopic (exact) mass is 362 g/mol. The third kappa shape index (κ3) is 4.22. The molecule has 1 aliphatic rings. The second-order valence-corrected chi connectivity index (χ2v) is 6.87. The molecule has 1 aromatic carbocycles. The van der Waals surface area contributed by atoms with Crippen molar-refractivity contribution in [3.8, 4) is 5.69 Å². The number of nitrogens with zero attached hydrogens (tertiary/aromatic N) is 2. The Bertz CT molecular complexity index is 735. The number of rotatable bonds is 4. The van der Waals surface area contributed by atoms with Gasteiger partial charge in [-0.05, 0) is 44.4 Å². The number of amides is 1. The maximum absolute atomic E-state index is 12.6. The van der Waals surface area contributed by atoms with Crippen molar-refractivity contribution in [1.82, 2.24) is 15.1 Å². The fourth-order valence-electron chi connectivity index (χ4n) is 3.50. The van der Waals surface area contributed by atoms with E-state index in [0.717, 1.165) is 48.3 Å². The summed E-state index contributed by atoms with van der Waals surface area (Å²) in [5.41, 5.74) is 9.71. The molecule has 136 valence electrons. The molecule has 1 heterocycles. The highest BCUT2D eigenvalue weighted by molar-refractivity contribution is 5.86. The van der Waals surface area contributed by atoms with Gasteiger partial charge in [0, 0.05) is 12.2 Å². The number of carbonyl (C=O) groups is 1. The lowest BCUT2D eigenvalue weighted by Crippen LogP contribution is -2.54. The Hall–Kier alpha value is -1.85. The molecule has 25 heavy (non-hydrogen) atoms. The van der Waals surface area contributed by atoms with Gasteiger partial charge >= 0.3 is 0 Å². The van der Waals surface area contributed by atoms with Gasteiger partial charge in [-0.1, -0.05) is 37.5 Å². The molecular formula is C19H27ClN4O. The number of aryl methyl sites for hydroxylation is 2. The Morgan fingerprint density at radius 1 is 1.24 bits per heavy atom. The summed E-state index contributed by atoms with van der Waals surface area (Å²) in [6, 6.07) is 10.1. The van der Waals surface area contributed by atoms with Gasteiger partial charge in [-0.25, -0.2) is 4.68 Å². The van der Waals surface area contributed by atoms with Crippen LogP contribution in [0, 0.1) is 13.8 Å². The summed E-state index contributed by atoms with van der Waals surface area (Å²) in [6.07, 6.45) is 4.79. The predicted octanol–water partition coefficient (Wildman–Crippen LogP) is 3.19. The Balaban J connectivity index is 0.00000225. The van der Waals surface area contributed by atoms with Crippen molar-refractivity contribution in [2.24, 2.45) is 5.73 Å². The molecular weight excluding hydrogens is 336 g/mol. The van der Waals surface area contributed by atoms with Crippen LogP contribution in [0.3, 0.4) is 0 Å². The molecule has 1 aromatic heterocycles. The first-order valence-electron chi connectivity index (χ1n) is 8.68. The minimum Gasteiger partial charge on any atom is -0.350 e. The Morgan fingerprint density at radius 3 is 2.56 bits per heavy atom. The fraction of sp³-hybridized carbons (Fsp3) is 0.474. The summed E-state index contributed by atoms with van der Waals surface area (Å²) in [7, 11) is 0. The molecule has 1 fully saturated rings. The van der Waals surface area contributed by atoms with Crippen LogP contribution in [0.2, 0.25) is 0 Å². The van der Waals surface area contributed by atoms with Crippen LogP contribution in [0.4, 0.5) is 0 Å². The summed E-state index contributed by atoms with van der Waals surface area (Å²) < 4.78 is 1.93. The van der Waals surface area contributed by atoms with Gasteiger partial charge in [0.1, 0.15) is 0 Å². The van der Waals surface area contributed by atoms with Gasteiger partial charge in [0.15, 0.2) is 0 Å². The van der Waals surface area contributed by atoms with Crippen molar-refractivity contribution >= 4 is 18.3 Å². The van der Waals surface area contributed by atoms with E-state index in [-0.39, 0.29) is 18.3 Å². The average Bonchev–Trinajstić information content (AvgIpc) is 2.92. The highest BCUT2D eigenvalue weighted by Gasteiger charge is 2.35. The lowest BCUT2D eigenvalue weighted by molar-refractivity contribution is -0.127. The molecule has 1 amide bonds. The van der Waals surface area contributed by atoms with E-state index in [9.17, 15) is 4.79 Å². The topological polar surface area (TPSA) is 72.9 Å². The van der Waals surface area contributed by atoms with Crippen LogP contribution in [-0.2, 0) is 11.3 Å². The fourth-order valence-corrected chi connectivity index (χ4v) is 3.50. The van der Waals surface area contributed by atoms with Gasteiger partial charge in [-0.15, -0.1) is 12.4 Å². The molecule has 1 aliphatic carbocycles. The number of hydrogen-bond donors (Lipinski definition) is 2. The lowest BCUT2D eigenvalue weighted by Gasteiger charge is -2.31. The van der Waals surface area contributed by atoms with E-state index in [1.165, 1.54) is 6.42 Å². The van der Waals surface area contributed by atoms with Crippen LogP contribution < -0.4 is 11.1 Å². The number of carbonyl (C=O) groups excluding carboxylic acids is 1. The standard InChI is InChI=1S/C19H26N4O.ClH/c1-14-12-15(2)23(22-14)17-9-5-4-8-16(17)13-21-18(24)19(20)10-6-3-7-11-19;/h4-5,8-9,12H,3,6-7,10-11,13,20H2,1-2H3,(H,21,24);1H. The maximum atomic E-state index is 12.6. The van der Waals surface area contributed by atoms with Crippen LogP contribution in [0.1, 0.15) is 49.1 Å². The number of nitrogens with two attached hydrogens (primary N) is 1. The summed E-state index contributed by atoms with van der Waals surface area (Å²) >= 11 is 0. The molecule has 0 radical (unpaired) electrons. The normalized spacial score (nSPS) is 16.1. The van der Waals surface area contributed by atoms with E-state index in [2.05, 4.69) is 10.4 Å². The Labute approximate surface area is 155 Å². The minimum absolute atomic E-state index is 0. The first-order chi connectivity index (χ1) is 11.5. The van der Waals surface area contributed by atoms with Gasteiger partial charge in [0.05, 0.1) is 16.9 Å². The molecule has 0 atom stereocenters. The molecule has 0 unspecified atom stereocenters. The molecule has 5 nitrogen and oxygen atoms in total. The minimum atomic E-state index is -0.703. The van der Waals surface area contributed by atoms with E-state index in [1.54, 1.807) is 0 Å². The summed E-state index contributed by atoms with van der Waals surface area (Å²) in [5, 5.41) is 7.59. The van der Waals surface area contributed by atoms with E-state index in [0.29, 0.717) is 6.54 Å². The van der Waals surface area contributed by atoms with Crippen molar-refractivity contribution in [3.05, 3.63) is 47.3 Å². The van der Waals surface area contributed by atoms with Crippen molar-refractivity contribution in [2.45, 2.75) is 58.0 Å². The molecule has 6 heteroatoms. The van der Waals surface area contributed by atoms with Crippen molar-refractivity contribution in [2.75, 3.05) is 0 Å². The second kappa shape index (κ2) is 8.02. The molecule has 1 saturated carbocycles. The van der Waals surface area contributed by atoms with E-state index in [4.69, 9.17) is 5.73 Å². The molecule has 0 aliphatic heterocycles. The van der Waals surface area contributed by atoms with Crippen LogP contribution in [0.15, 0.2) is 30.3 Å². The van der Waals surface area contributed by atoms with Crippen LogP contribution in [-0.4, -0.2) is 21.2 Å². The largest absolute Gasteiger partial charge is 0.350 e. The van der Waals surface area contributed by atoms with Gasteiger partial charge in [-0.3, -0.25) is 4.79 Å². The zero-order valence-corrected chi connectivity index (χ0v) is 15.7. The smallest absolute Gasteiger partial charge is 0.240 e. The van der Waals surface area contributed by atoms with Gasteiger partial charge < -0.3 is 11.1 Å². The maximum Gasteiger partial charge on any atom is 0.240 e. The number of hydrogen-bond acceptors (Lipinski definition) is 3. The molecule has 3 rings (SSSR count). The van der Waals surface area contributed by atoms with Gasteiger partial charge in [0.2, 0.25) is 5.91 Å². The zero-order valence-electron chi connectivity index (χ0n) is 14.9. The Kier molecular flexibility index (Phi) is 6.25. The number of benzene rings is 1.